The summed E-state index contributed by atoms with van der Waals surface area (Å²) in [4.78, 5) is 0. The van der Waals surface area contributed by atoms with Crippen molar-refractivity contribution in [1.29, 1.82) is 0 Å². The summed E-state index contributed by atoms with van der Waals surface area (Å²) in [7, 11) is 0. The van der Waals surface area contributed by atoms with Gasteiger partial charge in [0.05, 0.1) is 0 Å². The van der Waals surface area contributed by atoms with Crippen LogP contribution in [0.4, 0.5) is 0 Å². The van der Waals surface area contributed by atoms with Gasteiger partial charge in [-0.3, -0.25) is 0 Å². The van der Waals surface area contributed by atoms with Gasteiger partial charge in [-0.2, -0.15) is 0 Å². The Morgan fingerprint density at radius 3 is 3.00 bits per heavy atom. The fourth-order valence-corrected chi connectivity index (χ4v) is 2.88. The van der Waals surface area contributed by atoms with E-state index in [0.717, 1.165) is 6.54 Å². The maximum Gasteiger partial charge on any atom is -0.00457 e. The molecule has 82 valence electrons. The molecule has 0 amide bonds. The Morgan fingerprint density at radius 2 is 2.27 bits per heavy atom. The molecule has 1 nitrogen and oxygen atoms in total. The fraction of sp³-hybridized carbons (Fsp3) is 0.571. The summed E-state index contributed by atoms with van der Waals surface area (Å²) in [5.74, 6) is 1.31. The van der Waals surface area contributed by atoms with Gasteiger partial charge in [-0.25, -0.2) is 0 Å². The van der Waals surface area contributed by atoms with Crippen molar-refractivity contribution in [3.63, 3.8) is 0 Å². The van der Waals surface area contributed by atoms with E-state index in [1.165, 1.54) is 24.8 Å². The third kappa shape index (κ3) is 1.93. The van der Waals surface area contributed by atoms with E-state index in [1.54, 1.807) is 11.1 Å². The SMILES string of the molecule is Cc1cccc2c1C(C(C)CN)CCC2. The molecule has 2 N–H and O–H groups in total. The van der Waals surface area contributed by atoms with E-state index in [-0.39, 0.29) is 0 Å². The van der Waals surface area contributed by atoms with Gasteiger partial charge in [0.25, 0.3) is 0 Å². The first-order chi connectivity index (χ1) is 7.24. The van der Waals surface area contributed by atoms with Crippen molar-refractivity contribution in [1.82, 2.24) is 0 Å². The molecule has 0 aliphatic heterocycles. The average Bonchev–Trinajstić information content (AvgIpc) is 2.28. The van der Waals surface area contributed by atoms with Gasteiger partial charge in [0, 0.05) is 0 Å². The van der Waals surface area contributed by atoms with Crippen molar-refractivity contribution in [3.8, 4) is 0 Å². The summed E-state index contributed by atoms with van der Waals surface area (Å²) in [6.07, 6.45) is 3.90. The maximum atomic E-state index is 5.81. The standard InChI is InChI=1S/C14H21N/c1-10-5-3-6-12-7-4-8-13(14(10)12)11(2)9-15/h3,5-6,11,13H,4,7-9,15H2,1-2H3. The second-order valence-corrected chi connectivity index (χ2v) is 4.86. The Bertz CT molecular complexity index is 343. The number of nitrogens with two attached hydrogens (primary N) is 1. The molecule has 15 heavy (non-hydrogen) atoms. The lowest BCUT2D eigenvalue weighted by molar-refractivity contribution is 0.411. The maximum absolute atomic E-state index is 5.81. The molecule has 1 aromatic rings. The summed E-state index contributed by atoms with van der Waals surface area (Å²) in [5, 5.41) is 0. The number of hydrogen-bond acceptors (Lipinski definition) is 1. The van der Waals surface area contributed by atoms with Gasteiger partial charge in [0.15, 0.2) is 0 Å². The van der Waals surface area contributed by atoms with E-state index in [2.05, 4.69) is 32.0 Å². The molecule has 2 unspecified atom stereocenters. The van der Waals surface area contributed by atoms with E-state index in [4.69, 9.17) is 5.73 Å². The highest BCUT2D eigenvalue weighted by Crippen LogP contribution is 2.38. The predicted molar refractivity (Wildman–Crippen MR) is 65.1 cm³/mol. The Labute approximate surface area is 92.7 Å². The lowest BCUT2D eigenvalue weighted by Crippen LogP contribution is -2.23. The topological polar surface area (TPSA) is 26.0 Å². The van der Waals surface area contributed by atoms with Crippen molar-refractivity contribution < 1.29 is 0 Å². The Morgan fingerprint density at radius 1 is 1.47 bits per heavy atom. The lowest BCUT2D eigenvalue weighted by atomic mass is 9.74. The number of hydrogen-bond donors (Lipinski definition) is 1. The number of fused-ring (bicyclic) bond motifs is 1. The minimum absolute atomic E-state index is 0.616. The van der Waals surface area contributed by atoms with Crippen molar-refractivity contribution in [2.75, 3.05) is 6.54 Å². The van der Waals surface area contributed by atoms with Crippen molar-refractivity contribution in [3.05, 3.63) is 34.9 Å². The zero-order valence-corrected chi connectivity index (χ0v) is 9.79. The normalized spacial score (nSPS) is 22.2. The first-order valence-electron chi connectivity index (χ1n) is 6.02. The van der Waals surface area contributed by atoms with E-state index in [9.17, 15) is 0 Å². The molecule has 1 aliphatic rings. The molecule has 1 heteroatoms. The summed E-state index contributed by atoms with van der Waals surface area (Å²) >= 11 is 0. The molecule has 1 aliphatic carbocycles. The molecule has 0 heterocycles. The molecule has 2 atom stereocenters. The van der Waals surface area contributed by atoms with E-state index < -0.39 is 0 Å². The van der Waals surface area contributed by atoms with E-state index >= 15 is 0 Å². The van der Waals surface area contributed by atoms with Crippen molar-refractivity contribution in [2.45, 2.75) is 39.0 Å². The van der Waals surface area contributed by atoms with Crippen LogP contribution in [0.5, 0.6) is 0 Å². The molecule has 0 aromatic heterocycles. The smallest absolute Gasteiger partial charge is 0.00457 e. The highest BCUT2D eigenvalue weighted by molar-refractivity contribution is 5.39. The van der Waals surface area contributed by atoms with Gasteiger partial charge in [0.1, 0.15) is 0 Å². The monoisotopic (exact) mass is 203 g/mol. The Kier molecular flexibility index (Phi) is 3.11. The molecule has 0 saturated carbocycles. The van der Waals surface area contributed by atoms with Gasteiger partial charge < -0.3 is 5.73 Å². The van der Waals surface area contributed by atoms with Crippen LogP contribution in [0.15, 0.2) is 18.2 Å². The quantitative estimate of drug-likeness (QED) is 0.785. The number of aryl methyl sites for hydroxylation is 2. The average molecular weight is 203 g/mol. The van der Waals surface area contributed by atoms with Crippen LogP contribution in [0.2, 0.25) is 0 Å². The van der Waals surface area contributed by atoms with Crippen LogP contribution >= 0.6 is 0 Å². The molecule has 1 aromatic carbocycles. The van der Waals surface area contributed by atoms with Crippen LogP contribution in [0.3, 0.4) is 0 Å². The van der Waals surface area contributed by atoms with Gasteiger partial charge in [-0.15, -0.1) is 0 Å². The molecular formula is C14H21N. The third-order valence-corrected chi connectivity index (χ3v) is 3.81. The summed E-state index contributed by atoms with van der Waals surface area (Å²) in [6, 6.07) is 6.71. The minimum Gasteiger partial charge on any atom is -0.330 e. The van der Waals surface area contributed by atoms with Crippen LogP contribution in [-0.4, -0.2) is 6.54 Å². The summed E-state index contributed by atoms with van der Waals surface area (Å²) in [6.45, 7) is 5.32. The largest absolute Gasteiger partial charge is 0.330 e. The molecule has 2 rings (SSSR count). The van der Waals surface area contributed by atoms with Gasteiger partial charge in [0.2, 0.25) is 0 Å². The van der Waals surface area contributed by atoms with E-state index in [1.807, 2.05) is 0 Å². The molecule has 0 saturated heterocycles. The first-order valence-corrected chi connectivity index (χ1v) is 6.02. The third-order valence-electron chi connectivity index (χ3n) is 3.81. The lowest BCUT2D eigenvalue weighted by Gasteiger charge is -2.31. The number of rotatable bonds is 2. The van der Waals surface area contributed by atoms with Crippen molar-refractivity contribution in [2.24, 2.45) is 11.7 Å². The number of benzene rings is 1. The van der Waals surface area contributed by atoms with E-state index in [0.29, 0.717) is 11.8 Å². The van der Waals surface area contributed by atoms with Crippen LogP contribution < -0.4 is 5.73 Å². The summed E-state index contributed by atoms with van der Waals surface area (Å²) < 4.78 is 0. The second kappa shape index (κ2) is 4.36. The van der Waals surface area contributed by atoms with Crippen LogP contribution in [0, 0.1) is 12.8 Å². The zero-order chi connectivity index (χ0) is 10.8. The molecule has 0 spiro atoms. The minimum atomic E-state index is 0.616. The Balaban J connectivity index is 2.40. The van der Waals surface area contributed by atoms with Crippen LogP contribution in [0.1, 0.15) is 42.4 Å². The highest BCUT2D eigenvalue weighted by atomic mass is 14.6. The second-order valence-electron chi connectivity index (χ2n) is 4.86. The van der Waals surface area contributed by atoms with Gasteiger partial charge in [-0.05, 0) is 61.3 Å². The van der Waals surface area contributed by atoms with Gasteiger partial charge in [-0.1, -0.05) is 25.1 Å². The first kappa shape index (κ1) is 10.7. The fourth-order valence-electron chi connectivity index (χ4n) is 2.88. The molecular weight excluding hydrogens is 182 g/mol. The zero-order valence-electron chi connectivity index (χ0n) is 9.79. The summed E-state index contributed by atoms with van der Waals surface area (Å²) in [5.41, 5.74) is 10.4. The molecule has 0 bridgehead atoms. The van der Waals surface area contributed by atoms with Crippen molar-refractivity contribution >= 4 is 0 Å². The predicted octanol–water partition coefficient (Wildman–Crippen LogP) is 3.01. The van der Waals surface area contributed by atoms with Crippen LogP contribution in [-0.2, 0) is 6.42 Å². The molecule has 0 radical (unpaired) electrons. The highest BCUT2D eigenvalue weighted by Gasteiger charge is 2.25. The van der Waals surface area contributed by atoms with Gasteiger partial charge >= 0.3 is 0 Å². The Hall–Kier alpha value is -0.820. The van der Waals surface area contributed by atoms with Crippen LogP contribution in [0.25, 0.3) is 0 Å². The molecule has 0 fully saturated rings.